The SMILES string of the molecule is NC[C@H](CC(=O)O)c1cccnc1. The van der Waals surface area contributed by atoms with Crippen molar-refractivity contribution >= 4 is 5.97 Å². The zero-order valence-electron chi connectivity index (χ0n) is 7.18. The van der Waals surface area contributed by atoms with Gasteiger partial charge in [0.1, 0.15) is 0 Å². The maximum atomic E-state index is 10.5. The third-order valence-electron chi connectivity index (χ3n) is 1.86. The van der Waals surface area contributed by atoms with Crippen LogP contribution in [0.3, 0.4) is 0 Å². The fourth-order valence-electron chi connectivity index (χ4n) is 1.17. The molecule has 0 fully saturated rings. The summed E-state index contributed by atoms with van der Waals surface area (Å²) in [6.45, 7) is 0.331. The van der Waals surface area contributed by atoms with E-state index in [0.29, 0.717) is 6.54 Å². The van der Waals surface area contributed by atoms with Gasteiger partial charge in [0.15, 0.2) is 0 Å². The minimum atomic E-state index is -0.834. The van der Waals surface area contributed by atoms with Crippen molar-refractivity contribution in [3.8, 4) is 0 Å². The second-order valence-electron chi connectivity index (χ2n) is 2.82. The van der Waals surface area contributed by atoms with Gasteiger partial charge in [-0.1, -0.05) is 6.07 Å². The molecule has 0 saturated carbocycles. The highest BCUT2D eigenvalue weighted by Crippen LogP contribution is 2.16. The minimum absolute atomic E-state index is 0.0577. The number of hydrogen-bond acceptors (Lipinski definition) is 3. The van der Waals surface area contributed by atoms with Gasteiger partial charge >= 0.3 is 5.97 Å². The topological polar surface area (TPSA) is 76.2 Å². The predicted octanol–water partition coefficient (Wildman–Crippen LogP) is 0.599. The van der Waals surface area contributed by atoms with E-state index in [2.05, 4.69) is 4.98 Å². The standard InChI is InChI=1S/C9H12N2O2/c10-5-8(4-9(12)13)7-2-1-3-11-6-7/h1-3,6,8H,4-5,10H2,(H,12,13)/t8-/m0/s1. The first-order valence-electron chi connectivity index (χ1n) is 4.06. The lowest BCUT2D eigenvalue weighted by molar-refractivity contribution is -0.137. The molecule has 1 aromatic rings. The lowest BCUT2D eigenvalue weighted by atomic mass is 9.98. The van der Waals surface area contributed by atoms with Crippen molar-refractivity contribution in [3.63, 3.8) is 0 Å². The molecule has 3 N–H and O–H groups in total. The average molecular weight is 180 g/mol. The Balaban J connectivity index is 2.73. The molecule has 13 heavy (non-hydrogen) atoms. The Labute approximate surface area is 76.4 Å². The van der Waals surface area contributed by atoms with Gasteiger partial charge in [-0.25, -0.2) is 0 Å². The quantitative estimate of drug-likeness (QED) is 0.711. The van der Waals surface area contributed by atoms with Crippen LogP contribution in [0.4, 0.5) is 0 Å². The van der Waals surface area contributed by atoms with Crippen LogP contribution in [0.1, 0.15) is 17.9 Å². The van der Waals surface area contributed by atoms with Crippen molar-refractivity contribution in [1.82, 2.24) is 4.98 Å². The number of carboxylic acid groups (broad SMARTS) is 1. The van der Waals surface area contributed by atoms with Gasteiger partial charge < -0.3 is 10.8 Å². The molecule has 0 amide bonds. The normalized spacial score (nSPS) is 12.4. The smallest absolute Gasteiger partial charge is 0.304 e. The van der Waals surface area contributed by atoms with Crippen molar-refractivity contribution in [3.05, 3.63) is 30.1 Å². The van der Waals surface area contributed by atoms with Crippen molar-refractivity contribution in [2.45, 2.75) is 12.3 Å². The van der Waals surface area contributed by atoms with E-state index in [1.54, 1.807) is 18.5 Å². The molecule has 0 aliphatic carbocycles. The highest BCUT2D eigenvalue weighted by Gasteiger charge is 2.13. The zero-order valence-corrected chi connectivity index (χ0v) is 7.18. The highest BCUT2D eigenvalue weighted by atomic mass is 16.4. The Morgan fingerprint density at radius 3 is 2.92 bits per heavy atom. The molecule has 70 valence electrons. The Morgan fingerprint density at radius 1 is 1.69 bits per heavy atom. The van der Waals surface area contributed by atoms with Crippen molar-refractivity contribution in [2.75, 3.05) is 6.54 Å². The van der Waals surface area contributed by atoms with Crippen molar-refractivity contribution in [2.24, 2.45) is 5.73 Å². The van der Waals surface area contributed by atoms with E-state index < -0.39 is 5.97 Å². The number of aliphatic carboxylic acids is 1. The van der Waals surface area contributed by atoms with Gasteiger partial charge in [0, 0.05) is 18.3 Å². The number of hydrogen-bond donors (Lipinski definition) is 2. The molecular weight excluding hydrogens is 168 g/mol. The number of rotatable bonds is 4. The van der Waals surface area contributed by atoms with Crippen LogP contribution < -0.4 is 5.73 Å². The van der Waals surface area contributed by atoms with E-state index >= 15 is 0 Å². The second-order valence-corrected chi connectivity index (χ2v) is 2.82. The van der Waals surface area contributed by atoms with E-state index in [9.17, 15) is 4.79 Å². The summed E-state index contributed by atoms with van der Waals surface area (Å²) in [7, 11) is 0. The highest BCUT2D eigenvalue weighted by molar-refractivity contribution is 5.68. The monoisotopic (exact) mass is 180 g/mol. The van der Waals surface area contributed by atoms with E-state index in [0.717, 1.165) is 5.56 Å². The number of nitrogens with two attached hydrogens (primary N) is 1. The molecule has 1 rings (SSSR count). The van der Waals surface area contributed by atoms with Crippen LogP contribution in [0.5, 0.6) is 0 Å². The Bertz CT molecular complexity index is 274. The third kappa shape index (κ3) is 2.83. The number of aromatic nitrogens is 1. The molecule has 0 saturated heterocycles. The predicted molar refractivity (Wildman–Crippen MR) is 48.3 cm³/mol. The molecule has 0 aromatic carbocycles. The summed E-state index contributed by atoms with van der Waals surface area (Å²) in [6, 6.07) is 3.62. The number of carbonyl (C=O) groups is 1. The summed E-state index contributed by atoms with van der Waals surface area (Å²) >= 11 is 0. The summed E-state index contributed by atoms with van der Waals surface area (Å²) < 4.78 is 0. The van der Waals surface area contributed by atoms with Crippen molar-refractivity contribution in [1.29, 1.82) is 0 Å². The first kappa shape index (κ1) is 9.67. The molecule has 1 heterocycles. The molecule has 0 spiro atoms. The van der Waals surface area contributed by atoms with Crippen LogP contribution in [0.15, 0.2) is 24.5 Å². The molecule has 0 unspecified atom stereocenters. The van der Waals surface area contributed by atoms with Crippen molar-refractivity contribution < 1.29 is 9.90 Å². The van der Waals surface area contributed by atoms with Crippen LogP contribution in [-0.2, 0) is 4.79 Å². The first-order valence-corrected chi connectivity index (χ1v) is 4.06. The lowest BCUT2D eigenvalue weighted by Crippen LogP contribution is -2.16. The van der Waals surface area contributed by atoms with E-state index in [1.807, 2.05) is 6.07 Å². The van der Waals surface area contributed by atoms with Gasteiger partial charge in [-0.05, 0) is 18.2 Å². The van der Waals surface area contributed by atoms with Crippen LogP contribution in [0.2, 0.25) is 0 Å². The van der Waals surface area contributed by atoms with Gasteiger partial charge in [-0.3, -0.25) is 9.78 Å². The largest absolute Gasteiger partial charge is 0.481 e. The number of carboxylic acids is 1. The van der Waals surface area contributed by atoms with Crippen LogP contribution in [0, 0.1) is 0 Å². The maximum absolute atomic E-state index is 10.5. The molecule has 4 nitrogen and oxygen atoms in total. The third-order valence-corrected chi connectivity index (χ3v) is 1.86. The molecule has 1 aromatic heterocycles. The maximum Gasteiger partial charge on any atom is 0.304 e. The van der Waals surface area contributed by atoms with E-state index in [1.165, 1.54) is 0 Å². The van der Waals surface area contributed by atoms with E-state index in [-0.39, 0.29) is 12.3 Å². The Hall–Kier alpha value is -1.42. The molecule has 0 aliphatic heterocycles. The molecule has 0 bridgehead atoms. The second kappa shape index (κ2) is 4.57. The summed E-state index contributed by atoms with van der Waals surface area (Å²) in [6.07, 6.45) is 3.36. The van der Waals surface area contributed by atoms with Gasteiger partial charge in [-0.15, -0.1) is 0 Å². The minimum Gasteiger partial charge on any atom is -0.481 e. The Kier molecular flexibility index (Phi) is 3.40. The molecule has 0 aliphatic rings. The average Bonchev–Trinajstić information content (AvgIpc) is 2.15. The van der Waals surface area contributed by atoms with Gasteiger partial charge in [-0.2, -0.15) is 0 Å². The van der Waals surface area contributed by atoms with Gasteiger partial charge in [0.2, 0.25) is 0 Å². The molecular formula is C9H12N2O2. The van der Waals surface area contributed by atoms with Gasteiger partial charge in [0.25, 0.3) is 0 Å². The number of pyridine rings is 1. The zero-order chi connectivity index (χ0) is 9.68. The van der Waals surface area contributed by atoms with Crippen LogP contribution in [0.25, 0.3) is 0 Å². The fraction of sp³-hybridized carbons (Fsp3) is 0.333. The fourth-order valence-corrected chi connectivity index (χ4v) is 1.17. The Morgan fingerprint density at radius 2 is 2.46 bits per heavy atom. The summed E-state index contributed by atoms with van der Waals surface area (Å²) in [5, 5.41) is 8.60. The van der Waals surface area contributed by atoms with Crippen LogP contribution in [-0.4, -0.2) is 22.6 Å². The number of nitrogens with zero attached hydrogens (tertiary/aromatic N) is 1. The van der Waals surface area contributed by atoms with Crippen LogP contribution >= 0.6 is 0 Å². The molecule has 1 atom stereocenters. The molecule has 0 radical (unpaired) electrons. The lowest BCUT2D eigenvalue weighted by Gasteiger charge is -2.11. The van der Waals surface area contributed by atoms with Gasteiger partial charge in [0.05, 0.1) is 6.42 Å². The summed E-state index contributed by atoms with van der Waals surface area (Å²) in [5.74, 6) is -0.967. The first-order chi connectivity index (χ1) is 6.24. The van der Waals surface area contributed by atoms with E-state index in [4.69, 9.17) is 10.8 Å². The molecule has 4 heteroatoms. The summed E-state index contributed by atoms with van der Waals surface area (Å²) in [5.41, 5.74) is 6.34. The summed E-state index contributed by atoms with van der Waals surface area (Å²) in [4.78, 5) is 14.4.